The normalized spacial score (nSPS) is 22.1. The number of ether oxygens (including phenoxy) is 2. The molecule has 192 valence electrons. The first kappa shape index (κ1) is 25.5. The van der Waals surface area contributed by atoms with Gasteiger partial charge < -0.3 is 30.3 Å². The first-order chi connectivity index (χ1) is 17.4. The van der Waals surface area contributed by atoms with Crippen LogP contribution in [-0.4, -0.2) is 61.2 Å². The van der Waals surface area contributed by atoms with Crippen molar-refractivity contribution < 1.29 is 23.9 Å². The van der Waals surface area contributed by atoms with E-state index in [1.54, 1.807) is 30.1 Å². The summed E-state index contributed by atoms with van der Waals surface area (Å²) in [4.78, 5) is 39.6. The number of rotatable bonds is 6. The van der Waals surface area contributed by atoms with Gasteiger partial charge >= 0.3 is 6.03 Å². The molecule has 0 bridgehead atoms. The molecule has 0 radical (unpaired) electrons. The number of anilines is 1. The number of urea groups is 1. The van der Waals surface area contributed by atoms with E-state index in [2.05, 4.69) is 16.0 Å². The molecule has 4 amide bonds. The van der Waals surface area contributed by atoms with E-state index in [1.165, 1.54) is 0 Å². The lowest BCUT2D eigenvalue weighted by molar-refractivity contribution is -0.134. The number of hydrogen-bond acceptors (Lipinski definition) is 5. The number of likely N-dealkylation sites (N-methyl/N-ethyl adjacent to an activating group) is 1. The van der Waals surface area contributed by atoms with Gasteiger partial charge in [0.2, 0.25) is 5.91 Å². The lowest BCUT2D eigenvalue weighted by Gasteiger charge is -2.42. The molecule has 4 rings (SSSR count). The summed E-state index contributed by atoms with van der Waals surface area (Å²) >= 11 is 0. The van der Waals surface area contributed by atoms with Crippen LogP contribution >= 0.6 is 0 Å². The summed E-state index contributed by atoms with van der Waals surface area (Å²) in [6.07, 6.45) is 1.03. The number of benzene rings is 2. The summed E-state index contributed by atoms with van der Waals surface area (Å²) in [6, 6.07) is 14.2. The molecule has 36 heavy (non-hydrogen) atoms. The van der Waals surface area contributed by atoms with Gasteiger partial charge in [0.25, 0.3) is 5.91 Å². The van der Waals surface area contributed by atoms with Gasteiger partial charge in [-0.15, -0.1) is 0 Å². The van der Waals surface area contributed by atoms with Crippen LogP contribution in [0.4, 0.5) is 10.5 Å². The lowest BCUT2D eigenvalue weighted by Crippen LogP contribution is -2.54. The molecule has 3 N–H and O–H groups in total. The Balaban J connectivity index is 1.39. The zero-order chi connectivity index (χ0) is 25.7. The van der Waals surface area contributed by atoms with Crippen LogP contribution in [0.2, 0.25) is 0 Å². The number of hydrogen-bond donors (Lipinski definition) is 3. The second-order valence-corrected chi connectivity index (χ2v) is 9.27. The van der Waals surface area contributed by atoms with Crippen molar-refractivity contribution in [1.82, 2.24) is 15.5 Å². The number of carbonyl (C=O) groups excluding carboxylic acids is 3. The van der Waals surface area contributed by atoms with Crippen LogP contribution in [-0.2, 0) is 9.53 Å². The maximum atomic E-state index is 13.3. The van der Waals surface area contributed by atoms with E-state index in [1.807, 2.05) is 44.2 Å². The Kier molecular flexibility index (Phi) is 8.10. The number of fused-ring (bicyclic) bond motifs is 2. The maximum absolute atomic E-state index is 13.3. The minimum Gasteiger partial charge on any atom is -0.490 e. The van der Waals surface area contributed by atoms with Crippen molar-refractivity contribution in [2.75, 3.05) is 25.5 Å². The topological polar surface area (TPSA) is 109 Å². The van der Waals surface area contributed by atoms with E-state index >= 15 is 0 Å². The molecule has 0 spiro atoms. The summed E-state index contributed by atoms with van der Waals surface area (Å²) in [6.45, 7) is 4.55. The summed E-state index contributed by atoms with van der Waals surface area (Å²) in [5.74, 6) is 0.172. The first-order valence-corrected chi connectivity index (χ1v) is 12.4. The predicted octanol–water partition coefficient (Wildman–Crippen LogP) is 3.48. The Morgan fingerprint density at radius 3 is 2.67 bits per heavy atom. The molecule has 0 aromatic heterocycles. The van der Waals surface area contributed by atoms with Crippen LogP contribution in [0.15, 0.2) is 48.5 Å². The van der Waals surface area contributed by atoms with Crippen molar-refractivity contribution in [2.24, 2.45) is 0 Å². The van der Waals surface area contributed by atoms with Gasteiger partial charge in [-0.05, 0) is 50.5 Å². The standard InChI is InChI=1S/C27H34N4O5/c1-4-28-27(34)30-19-10-13-23-21(14-19)26(33)31(3)22-12-11-20(36-24(22)16-35-23)15-25(32)29-17(2)18-8-6-5-7-9-18/h5-10,13-14,17,20,22,24H,4,11-12,15-16H2,1-3H3,(H,29,32)(H2,28,30,34)/t17-,20-,22+,24-/m0/s1. The third kappa shape index (κ3) is 5.96. The van der Waals surface area contributed by atoms with Gasteiger partial charge in [-0.1, -0.05) is 30.3 Å². The maximum Gasteiger partial charge on any atom is 0.319 e. The zero-order valence-corrected chi connectivity index (χ0v) is 21.0. The molecule has 0 saturated carbocycles. The molecule has 2 aromatic carbocycles. The molecular weight excluding hydrogens is 460 g/mol. The van der Waals surface area contributed by atoms with Crippen LogP contribution in [0.3, 0.4) is 0 Å². The average Bonchev–Trinajstić information content (AvgIpc) is 2.87. The fourth-order valence-corrected chi connectivity index (χ4v) is 4.77. The molecule has 4 atom stereocenters. The zero-order valence-electron chi connectivity index (χ0n) is 21.0. The molecule has 0 aliphatic carbocycles. The average molecular weight is 495 g/mol. The van der Waals surface area contributed by atoms with Crippen LogP contribution < -0.4 is 20.7 Å². The molecule has 0 unspecified atom stereocenters. The van der Waals surface area contributed by atoms with E-state index in [0.717, 1.165) is 5.56 Å². The van der Waals surface area contributed by atoms with Crippen LogP contribution in [0.5, 0.6) is 5.75 Å². The Morgan fingerprint density at radius 1 is 1.14 bits per heavy atom. The fraction of sp³-hybridized carbons (Fsp3) is 0.444. The smallest absolute Gasteiger partial charge is 0.319 e. The first-order valence-electron chi connectivity index (χ1n) is 12.4. The Bertz CT molecular complexity index is 1090. The number of nitrogens with zero attached hydrogens (tertiary/aromatic N) is 1. The van der Waals surface area contributed by atoms with Gasteiger partial charge in [0.15, 0.2) is 0 Å². The van der Waals surface area contributed by atoms with E-state index in [9.17, 15) is 14.4 Å². The van der Waals surface area contributed by atoms with Gasteiger partial charge in [-0.2, -0.15) is 0 Å². The Morgan fingerprint density at radius 2 is 1.92 bits per heavy atom. The van der Waals surface area contributed by atoms with Crippen LogP contribution in [0, 0.1) is 0 Å². The van der Waals surface area contributed by atoms with Gasteiger partial charge in [0.05, 0.1) is 30.2 Å². The quantitative estimate of drug-likeness (QED) is 0.570. The predicted molar refractivity (Wildman–Crippen MR) is 136 cm³/mol. The van der Waals surface area contributed by atoms with Gasteiger partial charge in [0, 0.05) is 19.3 Å². The molecule has 1 saturated heterocycles. The van der Waals surface area contributed by atoms with Gasteiger partial charge in [-0.25, -0.2) is 4.79 Å². The van der Waals surface area contributed by atoms with Crippen LogP contribution in [0.25, 0.3) is 0 Å². The summed E-state index contributed by atoms with van der Waals surface area (Å²) in [7, 11) is 1.76. The summed E-state index contributed by atoms with van der Waals surface area (Å²) in [5, 5.41) is 8.44. The molecule has 2 aromatic rings. The SMILES string of the molecule is CCNC(=O)Nc1ccc2c(c1)C(=O)N(C)[C@@H]1CC[C@@H](CC(=O)N[C@@H](C)c3ccccc3)O[C@H]1CO2. The van der Waals surface area contributed by atoms with Crippen molar-refractivity contribution in [3.05, 3.63) is 59.7 Å². The molecule has 2 aliphatic heterocycles. The molecule has 9 nitrogen and oxygen atoms in total. The highest BCUT2D eigenvalue weighted by atomic mass is 16.5. The number of nitrogens with one attached hydrogen (secondary N) is 3. The third-order valence-electron chi connectivity index (χ3n) is 6.70. The number of carbonyl (C=O) groups is 3. The van der Waals surface area contributed by atoms with Crippen molar-refractivity contribution in [3.63, 3.8) is 0 Å². The minimum atomic E-state index is -0.349. The highest BCUT2D eigenvalue weighted by Crippen LogP contribution is 2.32. The van der Waals surface area contributed by atoms with Crippen LogP contribution in [0.1, 0.15) is 55.1 Å². The Labute approximate surface area is 211 Å². The molecule has 2 aliphatic rings. The third-order valence-corrected chi connectivity index (χ3v) is 6.70. The lowest BCUT2D eigenvalue weighted by atomic mass is 9.94. The van der Waals surface area contributed by atoms with Crippen molar-refractivity contribution >= 4 is 23.5 Å². The van der Waals surface area contributed by atoms with E-state index in [-0.39, 0.29) is 55.2 Å². The highest BCUT2D eigenvalue weighted by Gasteiger charge is 2.39. The molecule has 1 fully saturated rings. The van der Waals surface area contributed by atoms with E-state index in [4.69, 9.17) is 9.47 Å². The molecular formula is C27H34N4O5. The molecule has 2 heterocycles. The second-order valence-electron chi connectivity index (χ2n) is 9.27. The van der Waals surface area contributed by atoms with Crippen molar-refractivity contribution in [3.8, 4) is 5.75 Å². The summed E-state index contributed by atoms with van der Waals surface area (Å²) < 4.78 is 12.3. The number of amides is 4. The van der Waals surface area contributed by atoms with Crippen molar-refractivity contribution in [1.29, 1.82) is 0 Å². The van der Waals surface area contributed by atoms with Gasteiger partial charge in [-0.3, -0.25) is 9.59 Å². The largest absolute Gasteiger partial charge is 0.490 e. The highest BCUT2D eigenvalue weighted by molar-refractivity contribution is 5.99. The fourth-order valence-electron chi connectivity index (χ4n) is 4.77. The van der Waals surface area contributed by atoms with E-state index < -0.39 is 0 Å². The van der Waals surface area contributed by atoms with Gasteiger partial charge in [0.1, 0.15) is 18.5 Å². The minimum absolute atomic E-state index is 0.0662. The second kappa shape index (κ2) is 11.4. The summed E-state index contributed by atoms with van der Waals surface area (Å²) in [5.41, 5.74) is 1.95. The monoisotopic (exact) mass is 494 g/mol. The Hall–Kier alpha value is -3.59. The molecule has 9 heteroatoms. The van der Waals surface area contributed by atoms with Crippen molar-refractivity contribution in [2.45, 2.75) is 57.4 Å². The van der Waals surface area contributed by atoms with E-state index in [0.29, 0.717) is 36.4 Å².